The summed E-state index contributed by atoms with van der Waals surface area (Å²) in [5.41, 5.74) is 1.84. The van der Waals surface area contributed by atoms with Gasteiger partial charge in [0.15, 0.2) is 0 Å². The number of carbonyl (C=O) groups is 1. The van der Waals surface area contributed by atoms with Crippen molar-refractivity contribution < 1.29 is 9.18 Å². The van der Waals surface area contributed by atoms with Gasteiger partial charge in [-0.25, -0.2) is 9.18 Å². The van der Waals surface area contributed by atoms with E-state index in [0.717, 1.165) is 50.3 Å². The Labute approximate surface area is 219 Å². The molecule has 1 aliphatic carbocycles. The van der Waals surface area contributed by atoms with Gasteiger partial charge in [-0.05, 0) is 94.9 Å². The van der Waals surface area contributed by atoms with Crippen LogP contribution in [0.5, 0.6) is 0 Å². The number of likely N-dealkylation sites (tertiary alicyclic amines) is 1. The minimum Gasteiger partial charge on any atom is -0.320 e. The van der Waals surface area contributed by atoms with Crippen molar-refractivity contribution in [2.24, 2.45) is 0 Å². The molecule has 0 spiro atoms. The molecule has 3 rings (SSSR count). The molecule has 1 aliphatic heterocycles. The van der Waals surface area contributed by atoms with Crippen molar-refractivity contribution in [1.29, 1.82) is 0 Å². The molecule has 0 bridgehead atoms. The summed E-state index contributed by atoms with van der Waals surface area (Å²) in [5.74, 6) is -0.494. The van der Waals surface area contributed by atoms with Crippen LogP contribution in [0.4, 0.5) is 14.9 Å². The third kappa shape index (κ3) is 8.38. The van der Waals surface area contributed by atoms with Crippen LogP contribution in [0.1, 0.15) is 39.0 Å². The van der Waals surface area contributed by atoms with E-state index in [4.69, 9.17) is 11.6 Å². The maximum Gasteiger partial charge on any atom is 0.322 e. The van der Waals surface area contributed by atoms with E-state index in [1.165, 1.54) is 35.5 Å². The lowest BCUT2D eigenvalue weighted by atomic mass is 9.93. The minimum atomic E-state index is -0.494. The summed E-state index contributed by atoms with van der Waals surface area (Å²) in [4.78, 5) is 22.2. The highest BCUT2D eigenvalue weighted by Gasteiger charge is 2.27. The largest absolute Gasteiger partial charge is 0.322 e. The first-order chi connectivity index (χ1) is 16.8. The van der Waals surface area contributed by atoms with Crippen LogP contribution < -0.4 is 5.32 Å². The molecule has 0 saturated carbocycles. The zero-order valence-corrected chi connectivity index (χ0v) is 22.7. The molecule has 0 radical (unpaired) electrons. The van der Waals surface area contributed by atoms with E-state index in [1.807, 2.05) is 19.0 Å². The van der Waals surface area contributed by atoms with Crippen LogP contribution in [-0.4, -0.2) is 73.6 Å². The molecule has 2 amide bonds. The fourth-order valence-corrected chi connectivity index (χ4v) is 5.90. The molecule has 1 N–H and O–H groups in total. The number of carbonyl (C=O) groups excluding carboxylic acids is 1. The fraction of sp³-hybridized carbons (Fsp3) is 0.519. The van der Waals surface area contributed by atoms with Gasteiger partial charge < -0.3 is 20.0 Å². The first-order valence-corrected chi connectivity index (χ1v) is 13.6. The van der Waals surface area contributed by atoms with Crippen LogP contribution in [0.2, 0.25) is 5.02 Å². The monoisotopic (exact) mass is 520 g/mol. The summed E-state index contributed by atoms with van der Waals surface area (Å²) in [6, 6.07) is 4.25. The second kappa shape index (κ2) is 13.5. The maximum atomic E-state index is 13.6. The van der Waals surface area contributed by atoms with Crippen molar-refractivity contribution in [3.8, 4) is 0 Å². The van der Waals surface area contributed by atoms with Crippen LogP contribution in [0.3, 0.4) is 0 Å². The Hall–Kier alpha value is -1.80. The van der Waals surface area contributed by atoms with Gasteiger partial charge in [-0.1, -0.05) is 42.1 Å². The van der Waals surface area contributed by atoms with Crippen LogP contribution in [0, 0.1) is 5.82 Å². The Morgan fingerprint density at radius 1 is 1.34 bits per heavy atom. The normalized spacial score (nSPS) is 19.1. The Morgan fingerprint density at radius 2 is 2.09 bits per heavy atom. The molecule has 35 heavy (non-hydrogen) atoms. The molecule has 192 valence electrons. The predicted octanol–water partition coefficient (Wildman–Crippen LogP) is 6.60. The first-order valence-electron chi connectivity index (χ1n) is 12.4. The Morgan fingerprint density at radius 3 is 2.69 bits per heavy atom. The average molecular weight is 521 g/mol. The summed E-state index contributed by atoms with van der Waals surface area (Å²) in [7, 11) is 4.10. The van der Waals surface area contributed by atoms with Gasteiger partial charge in [-0.2, -0.15) is 0 Å². The molecule has 5 nitrogen and oxygen atoms in total. The molecular formula is C27H38ClFN4OS. The third-order valence-electron chi connectivity index (χ3n) is 6.44. The summed E-state index contributed by atoms with van der Waals surface area (Å²) >= 11 is 7.67. The minimum absolute atomic E-state index is 0.00361. The first kappa shape index (κ1) is 27.8. The van der Waals surface area contributed by atoms with E-state index < -0.39 is 5.82 Å². The standard InChI is InChI=1S/C27H38ClFN4OS/c1-5-26(35-20(2)19-31(3)4)21-8-11-23(12-9-21)33(17-16-32-14-6-7-15-32)27(34)30-22-10-13-25(29)24(28)18-22/h5,8,10,13,18,23H,2,6-7,9,11-12,14-17,19H2,1,3-4H3,(H,30,34)/b26-5-. The summed E-state index contributed by atoms with van der Waals surface area (Å²) < 4.78 is 13.6. The Balaban J connectivity index is 1.68. The SMILES string of the molecule is C=C(CN(C)C)S/C(=C\C)C1=CCC(N(CCN2CCCC2)C(=O)Nc2ccc(F)c(Cl)c2)CC1. The van der Waals surface area contributed by atoms with Gasteiger partial charge in [0.25, 0.3) is 0 Å². The number of allylic oxidation sites excluding steroid dienone is 2. The topological polar surface area (TPSA) is 38.8 Å². The molecule has 1 saturated heterocycles. The molecule has 8 heteroatoms. The smallest absolute Gasteiger partial charge is 0.320 e. The molecule has 1 heterocycles. The van der Waals surface area contributed by atoms with Crippen molar-refractivity contribution in [2.45, 2.75) is 45.1 Å². The highest BCUT2D eigenvalue weighted by atomic mass is 35.5. The number of amides is 2. The zero-order valence-electron chi connectivity index (χ0n) is 21.2. The molecule has 2 aliphatic rings. The second-order valence-electron chi connectivity index (χ2n) is 9.49. The maximum absolute atomic E-state index is 13.6. The lowest BCUT2D eigenvalue weighted by molar-refractivity contribution is 0.169. The number of halogens is 2. The highest BCUT2D eigenvalue weighted by Crippen LogP contribution is 2.36. The van der Waals surface area contributed by atoms with Crippen molar-refractivity contribution >= 4 is 35.1 Å². The number of likely N-dealkylation sites (N-methyl/N-ethyl adjacent to an activating group) is 1. The molecule has 1 aromatic carbocycles. The van der Waals surface area contributed by atoms with E-state index >= 15 is 0 Å². The van der Waals surface area contributed by atoms with E-state index in [2.05, 4.69) is 40.8 Å². The number of hydrogen-bond acceptors (Lipinski definition) is 4. The van der Waals surface area contributed by atoms with Gasteiger partial charge in [0.05, 0.1) is 5.02 Å². The summed E-state index contributed by atoms with van der Waals surface area (Å²) in [6.07, 6.45) is 9.52. The average Bonchev–Trinajstić information content (AvgIpc) is 3.34. The van der Waals surface area contributed by atoms with Gasteiger partial charge in [0.2, 0.25) is 0 Å². The van der Waals surface area contributed by atoms with Crippen molar-refractivity contribution in [3.63, 3.8) is 0 Å². The van der Waals surface area contributed by atoms with E-state index in [-0.39, 0.29) is 17.1 Å². The number of urea groups is 1. The molecule has 1 aromatic rings. The predicted molar refractivity (Wildman–Crippen MR) is 148 cm³/mol. The summed E-state index contributed by atoms with van der Waals surface area (Å²) in [6.45, 7) is 10.8. The van der Waals surface area contributed by atoms with Crippen LogP contribution in [-0.2, 0) is 0 Å². The Bertz CT molecular complexity index is 958. The number of hydrogen-bond donors (Lipinski definition) is 1. The van der Waals surface area contributed by atoms with Crippen molar-refractivity contribution in [1.82, 2.24) is 14.7 Å². The van der Waals surface area contributed by atoms with E-state index in [0.29, 0.717) is 12.2 Å². The lowest BCUT2D eigenvalue weighted by Gasteiger charge is -2.35. The number of nitrogens with zero attached hydrogens (tertiary/aromatic N) is 3. The third-order valence-corrected chi connectivity index (χ3v) is 7.86. The quantitative estimate of drug-likeness (QED) is 0.377. The van der Waals surface area contributed by atoms with Gasteiger partial charge in [0, 0.05) is 36.3 Å². The van der Waals surface area contributed by atoms with Crippen molar-refractivity contribution in [3.05, 3.63) is 63.2 Å². The number of benzene rings is 1. The number of nitrogens with one attached hydrogen (secondary N) is 1. The highest BCUT2D eigenvalue weighted by molar-refractivity contribution is 8.07. The lowest BCUT2D eigenvalue weighted by Crippen LogP contribution is -2.47. The van der Waals surface area contributed by atoms with Gasteiger partial charge in [0.1, 0.15) is 5.82 Å². The van der Waals surface area contributed by atoms with Crippen LogP contribution in [0.25, 0.3) is 0 Å². The molecule has 1 fully saturated rings. The number of rotatable bonds is 10. The molecule has 1 atom stereocenters. The van der Waals surface area contributed by atoms with Crippen LogP contribution >= 0.6 is 23.4 Å². The zero-order chi connectivity index (χ0) is 25.4. The van der Waals surface area contributed by atoms with Crippen molar-refractivity contribution in [2.75, 3.05) is 52.1 Å². The number of anilines is 1. The fourth-order valence-electron chi connectivity index (χ4n) is 4.65. The van der Waals surface area contributed by atoms with E-state index in [1.54, 1.807) is 17.8 Å². The summed E-state index contributed by atoms with van der Waals surface area (Å²) in [5, 5.41) is 2.94. The molecule has 0 aromatic heterocycles. The molecule has 1 unspecified atom stereocenters. The second-order valence-corrected chi connectivity index (χ2v) is 11.1. The van der Waals surface area contributed by atoms with E-state index in [9.17, 15) is 9.18 Å². The Kier molecular flexibility index (Phi) is 10.7. The van der Waals surface area contributed by atoms with Gasteiger partial charge in [-0.3, -0.25) is 0 Å². The van der Waals surface area contributed by atoms with Gasteiger partial charge in [-0.15, -0.1) is 0 Å². The van der Waals surface area contributed by atoms with Gasteiger partial charge >= 0.3 is 6.03 Å². The number of thioether (sulfide) groups is 1. The molecular weight excluding hydrogens is 483 g/mol. The van der Waals surface area contributed by atoms with Crippen LogP contribution in [0.15, 0.2) is 52.3 Å².